The molecule has 2 atom stereocenters. The highest BCUT2D eigenvalue weighted by molar-refractivity contribution is 9.09. The zero-order chi connectivity index (χ0) is 12.6. The van der Waals surface area contributed by atoms with Crippen molar-refractivity contribution in [2.75, 3.05) is 7.11 Å². The van der Waals surface area contributed by atoms with Crippen molar-refractivity contribution in [1.82, 2.24) is 10.4 Å². The number of hydrogen-bond acceptors (Lipinski definition) is 3. The van der Waals surface area contributed by atoms with Crippen LogP contribution in [0.2, 0.25) is 0 Å². The molecular formula is C10H12BrF3N2O. The van der Waals surface area contributed by atoms with E-state index >= 15 is 0 Å². The van der Waals surface area contributed by atoms with Gasteiger partial charge in [0.25, 0.3) is 0 Å². The molecule has 2 rings (SSSR count). The van der Waals surface area contributed by atoms with E-state index in [-0.39, 0.29) is 11.2 Å². The Morgan fingerprint density at radius 2 is 2.12 bits per heavy atom. The Labute approximate surface area is 105 Å². The molecule has 2 heterocycles. The molecular weight excluding hydrogens is 301 g/mol. The number of halogens is 4. The third-order valence-corrected chi connectivity index (χ3v) is 3.59. The van der Waals surface area contributed by atoms with Gasteiger partial charge in [0.1, 0.15) is 6.04 Å². The van der Waals surface area contributed by atoms with Gasteiger partial charge in [-0.15, -0.1) is 0 Å². The van der Waals surface area contributed by atoms with E-state index in [1.54, 1.807) is 12.2 Å². The second-order valence-corrected chi connectivity index (χ2v) is 4.98. The maximum atomic E-state index is 12.6. The van der Waals surface area contributed by atoms with Crippen molar-refractivity contribution in [1.29, 1.82) is 0 Å². The second-order valence-electron chi connectivity index (χ2n) is 3.87. The first-order valence-corrected chi connectivity index (χ1v) is 6.06. The molecule has 2 aliphatic heterocycles. The van der Waals surface area contributed by atoms with Gasteiger partial charge in [0.2, 0.25) is 5.88 Å². The predicted molar refractivity (Wildman–Crippen MR) is 59.9 cm³/mol. The molecule has 0 aromatic rings. The van der Waals surface area contributed by atoms with E-state index in [1.807, 2.05) is 0 Å². The molecule has 0 aromatic heterocycles. The van der Waals surface area contributed by atoms with Crippen LogP contribution in [-0.4, -0.2) is 29.2 Å². The Bertz CT molecular complexity index is 367. The average molecular weight is 313 g/mol. The minimum Gasteiger partial charge on any atom is -0.481 e. The number of methoxy groups -OCH3 is 1. The largest absolute Gasteiger partial charge is 0.481 e. The Morgan fingerprint density at radius 3 is 2.71 bits per heavy atom. The van der Waals surface area contributed by atoms with Crippen molar-refractivity contribution < 1.29 is 17.9 Å². The molecule has 0 fully saturated rings. The van der Waals surface area contributed by atoms with Crippen molar-refractivity contribution >= 4 is 15.9 Å². The number of allylic oxidation sites excluding steroid dienone is 2. The molecule has 0 amide bonds. The van der Waals surface area contributed by atoms with Gasteiger partial charge in [0.15, 0.2) is 0 Å². The number of hydrogen-bond donors (Lipinski definition) is 1. The molecule has 0 aromatic carbocycles. The lowest BCUT2D eigenvalue weighted by Gasteiger charge is -2.40. The highest BCUT2D eigenvalue weighted by Crippen LogP contribution is 2.35. The number of nitrogens with one attached hydrogen (secondary N) is 1. The molecule has 3 nitrogen and oxygen atoms in total. The van der Waals surface area contributed by atoms with Crippen LogP contribution in [0.4, 0.5) is 13.2 Å². The van der Waals surface area contributed by atoms with Crippen LogP contribution in [0.25, 0.3) is 0 Å². The smallest absolute Gasteiger partial charge is 0.405 e. The average Bonchev–Trinajstić information content (AvgIpc) is 2.28. The predicted octanol–water partition coefficient (Wildman–Crippen LogP) is 2.67. The SMILES string of the molecule is COC1=CCC(Br)C2=CCC(C(F)(F)F)NN12. The summed E-state index contributed by atoms with van der Waals surface area (Å²) in [6.45, 7) is 0. The maximum absolute atomic E-state index is 12.6. The van der Waals surface area contributed by atoms with Gasteiger partial charge in [-0.3, -0.25) is 0 Å². The summed E-state index contributed by atoms with van der Waals surface area (Å²) in [6.07, 6.45) is -0.277. The van der Waals surface area contributed by atoms with E-state index in [1.165, 1.54) is 12.1 Å². The first-order chi connectivity index (χ1) is 7.93. The fourth-order valence-corrected chi connectivity index (χ4v) is 2.45. The van der Waals surface area contributed by atoms with Crippen molar-refractivity contribution in [2.45, 2.75) is 29.9 Å². The molecule has 7 heteroatoms. The van der Waals surface area contributed by atoms with Crippen LogP contribution in [0, 0.1) is 0 Å². The number of ether oxygens (including phenoxy) is 1. The first kappa shape index (κ1) is 12.8. The van der Waals surface area contributed by atoms with Crippen molar-refractivity contribution in [3.63, 3.8) is 0 Å². The number of nitrogens with zero attached hydrogens (tertiary/aromatic N) is 1. The molecule has 96 valence electrons. The van der Waals surface area contributed by atoms with Crippen molar-refractivity contribution in [3.8, 4) is 0 Å². The number of rotatable bonds is 1. The molecule has 0 aliphatic carbocycles. The zero-order valence-electron chi connectivity index (χ0n) is 9.09. The number of hydrazine groups is 1. The van der Waals surface area contributed by atoms with Gasteiger partial charge < -0.3 is 4.74 Å². The minimum absolute atomic E-state index is 0.0167. The Hall–Kier alpha value is -0.690. The topological polar surface area (TPSA) is 24.5 Å². The quantitative estimate of drug-likeness (QED) is 0.753. The van der Waals surface area contributed by atoms with Gasteiger partial charge in [-0.25, -0.2) is 10.4 Å². The Morgan fingerprint density at radius 1 is 1.41 bits per heavy atom. The van der Waals surface area contributed by atoms with Crippen LogP contribution >= 0.6 is 15.9 Å². The normalized spacial score (nSPS) is 29.4. The van der Waals surface area contributed by atoms with Crippen molar-refractivity contribution in [2.24, 2.45) is 0 Å². The fourth-order valence-electron chi connectivity index (χ4n) is 1.87. The van der Waals surface area contributed by atoms with E-state index in [0.717, 1.165) is 5.70 Å². The third-order valence-electron chi connectivity index (χ3n) is 2.75. The van der Waals surface area contributed by atoms with Gasteiger partial charge in [-0.1, -0.05) is 22.0 Å². The fraction of sp³-hybridized carbons (Fsp3) is 0.600. The van der Waals surface area contributed by atoms with Crippen LogP contribution in [0.5, 0.6) is 0 Å². The van der Waals surface area contributed by atoms with Crippen LogP contribution in [-0.2, 0) is 4.74 Å². The summed E-state index contributed by atoms with van der Waals surface area (Å²) in [7, 11) is 1.44. The minimum atomic E-state index is -4.26. The number of fused-ring (bicyclic) bond motifs is 1. The third kappa shape index (κ3) is 2.44. The van der Waals surface area contributed by atoms with Crippen LogP contribution in [0.1, 0.15) is 12.8 Å². The Balaban J connectivity index is 2.25. The van der Waals surface area contributed by atoms with E-state index in [4.69, 9.17) is 4.74 Å². The van der Waals surface area contributed by atoms with Crippen molar-refractivity contribution in [3.05, 3.63) is 23.7 Å². The van der Waals surface area contributed by atoms with Gasteiger partial charge in [0, 0.05) is 5.70 Å². The second kappa shape index (κ2) is 4.53. The summed E-state index contributed by atoms with van der Waals surface area (Å²) in [4.78, 5) is 0.0167. The monoisotopic (exact) mass is 312 g/mol. The van der Waals surface area contributed by atoms with Crippen LogP contribution in [0.15, 0.2) is 23.7 Å². The summed E-state index contributed by atoms with van der Waals surface area (Å²) in [5, 5.41) is 1.37. The molecule has 17 heavy (non-hydrogen) atoms. The maximum Gasteiger partial charge on any atom is 0.405 e. The summed E-state index contributed by atoms with van der Waals surface area (Å²) in [6, 6.07) is -1.57. The van der Waals surface area contributed by atoms with E-state index in [2.05, 4.69) is 21.4 Å². The summed E-state index contributed by atoms with van der Waals surface area (Å²) >= 11 is 3.43. The molecule has 2 unspecified atom stereocenters. The van der Waals surface area contributed by atoms with Gasteiger partial charge >= 0.3 is 6.18 Å². The first-order valence-electron chi connectivity index (χ1n) is 5.14. The molecule has 0 saturated carbocycles. The molecule has 0 spiro atoms. The molecule has 1 N–H and O–H groups in total. The number of alkyl halides is 4. The standard InChI is InChI=1S/C10H12BrF3N2O/c1-17-9-5-2-6(11)7-3-4-8(10(12,13)14)15-16(7)9/h3,5-6,8,15H,2,4H2,1H3. The van der Waals surface area contributed by atoms with Crippen LogP contribution < -0.4 is 5.43 Å². The Kier molecular flexibility index (Phi) is 3.40. The summed E-state index contributed by atoms with van der Waals surface area (Å²) < 4.78 is 43.0. The molecule has 0 saturated heterocycles. The molecule has 0 radical (unpaired) electrons. The summed E-state index contributed by atoms with van der Waals surface area (Å²) in [5.41, 5.74) is 3.21. The van der Waals surface area contributed by atoms with Gasteiger partial charge in [0.05, 0.1) is 11.9 Å². The lowest BCUT2D eigenvalue weighted by molar-refractivity contribution is -0.168. The zero-order valence-corrected chi connectivity index (χ0v) is 10.7. The van der Waals surface area contributed by atoms with E-state index in [0.29, 0.717) is 12.3 Å². The highest BCUT2D eigenvalue weighted by atomic mass is 79.9. The lowest BCUT2D eigenvalue weighted by atomic mass is 10.1. The highest BCUT2D eigenvalue weighted by Gasteiger charge is 2.44. The van der Waals surface area contributed by atoms with Crippen LogP contribution in [0.3, 0.4) is 0 Å². The van der Waals surface area contributed by atoms with E-state index in [9.17, 15) is 13.2 Å². The lowest BCUT2D eigenvalue weighted by Crippen LogP contribution is -2.55. The van der Waals surface area contributed by atoms with Gasteiger partial charge in [-0.05, 0) is 18.9 Å². The molecule has 0 bridgehead atoms. The molecule has 2 aliphatic rings. The van der Waals surface area contributed by atoms with E-state index < -0.39 is 12.2 Å². The van der Waals surface area contributed by atoms with Gasteiger partial charge in [-0.2, -0.15) is 13.2 Å². The summed E-state index contributed by atoms with van der Waals surface area (Å²) in [5.74, 6) is 0.404.